The molecule has 1 aliphatic heterocycles. The summed E-state index contributed by atoms with van der Waals surface area (Å²) in [5.74, 6) is 1.13. The third kappa shape index (κ3) is 7.06. The van der Waals surface area contributed by atoms with Gasteiger partial charge in [-0.15, -0.1) is 0 Å². The van der Waals surface area contributed by atoms with E-state index in [0.717, 1.165) is 28.8 Å². The summed E-state index contributed by atoms with van der Waals surface area (Å²) in [6.07, 6.45) is 5.80. The minimum Gasteiger partial charge on any atom is -0.330 e. The van der Waals surface area contributed by atoms with Gasteiger partial charge in [-0.05, 0) is 74.6 Å². The summed E-state index contributed by atoms with van der Waals surface area (Å²) < 4.78 is 22.3. The molecule has 0 radical (unpaired) electrons. The van der Waals surface area contributed by atoms with Crippen LogP contribution in [-0.2, 0) is 16.3 Å². The highest BCUT2D eigenvalue weighted by Crippen LogP contribution is 2.19. The van der Waals surface area contributed by atoms with E-state index in [1.807, 2.05) is 42.5 Å². The second-order valence-corrected chi connectivity index (χ2v) is 9.60. The van der Waals surface area contributed by atoms with Crippen LogP contribution in [0.5, 0.6) is 0 Å². The number of likely N-dealkylation sites (tertiary alicyclic amines) is 1. The number of nitrogens with zero attached hydrogens (tertiary/aromatic N) is 1. The maximum atomic E-state index is 11.1. The number of hydrogen-bond donors (Lipinski definition) is 1. The molecule has 2 aromatic rings. The van der Waals surface area contributed by atoms with E-state index < -0.39 is 9.84 Å². The van der Waals surface area contributed by atoms with Crippen molar-refractivity contribution in [1.82, 2.24) is 4.90 Å². The van der Waals surface area contributed by atoms with Crippen LogP contribution in [0.4, 0.5) is 0 Å². The van der Waals surface area contributed by atoms with Crippen molar-refractivity contribution in [3.8, 4) is 0 Å². The van der Waals surface area contributed by atoms with E-state index in [2.05, 4.69) is 11.9 Å². The average Bonchev–Trinajstić information content (AvgIpc) is 2.62. The number of rotatable bonds is 5. The van der Waals surface area contributed by atoms with E-state index in [0.29, 0.717) is 6.42 Å². The molecule has 0 amide bonds. The number of aryl methyl sites for hydroxylation is 1. The number of hydrogen-bond acceptors (Lipinski definition) is 4. The molecule has 144 valence electrons. The van der Waals surface area contributed by atoms with Crippen LogP contribution >= 0.6 is 0 Å². The van der Waals surface area contributed by atoms with Crippen molar-refractivity contribution in [3.63, 3.8) is 0 Å². The lowest BCUT2D eigenvalue weighted by molar-refractivity contribution is 0.214. The lowest BCUT2D eigenvalue weighted by Crippen LogP contribution is -2.30. The van der Waals surface area contributed by atoms with Gasteiger partial charge in [0.25, 0.3) is 0 Å². The number of benzene rings is 2. The highest BCUT2D eigenvalue weighted by molar-refractivity contribution is 7.90. The molecule has 0 unspecified atom stereocenters. The van der Waals surface area contributed by atoms with Crippen molar-refractivity contribution < 1.29 is 8.42 Å². The van der Waals surface area contributed by atoms with Crippen LogP contribution in [0.1, 0.15) is 24.8 Å². The average molecular weight is 377 g/mol. The molecule has 2 N–H and O–H groups in total. The van der Waals surface area contributed by atoms with Crippen molar-refractivity contribution in [2.24, 2.45) is 11.7 Å². The first-order chi connectivity index (χ1) is 12.4. The highest BCUT2D eigenvalue weighted by atomic mass is 32.2. The Balaban J connectivity index is 0.000000209. The largest absolute Gasteiger partial charge is 0.330 e. The molecule has 1 fully saturated rings. The summed E-state index contributed by atoms with van der Waals surface area (Å²) in [5.41, 5.74) is 6.58. The molecule has 0 aromatic heterocycles. The third-order valence-corrected chi connectivity index (χ3v) is 5.98. The van der Waals surface area contributed by atoms with E-state index >= 15 is 0 Å². The van der Waals surface area contributed by atoms with E-state index in [1.54, 1.807) is 0 Å². The lowest BCUT2D eigenvalue weighted by Gasteiger charge is -2.28. The van der Waals surface area contributed by atoms with Gasteiger partial charge in [-0.1, -0.05) is 42.5 Å². The normalized spacial score (nSPS) is 16.3. The highest BCUT2D eigenvalue weighted by Gasteiger charge is 2.14. The molecule has 1 aliphatic rings. The summed E-state index contributed by atoms with van der Waals surface area (Å²) in [4.78, 5) is 2.40. The SMILES string of the molecule is CN1CCC(CCN)CC1.CS(=O)(=O)CCc1cccc2ccccc12. The predicted molar refractivity (Wildman–Crippen MR) is 111 cm³/mol. The second-order valence-electron chi connectivity index (χ2n) is 7.34. The molecule has 1 saturated heterocycles. The first-order valence-corrected chi connectivity index (χ1v) is 11.5. The first kappa shape index (κ1) is 20.9. The van der Waals surface area contributed by atoms with Crippen molar-refractivity contribution in [2.75, 3.05) is 38.7 Å². The number of nitrogens with two attached hydrogens (primary N) is 1. The second kappa shape index (κ2) is 10.0. The fraction of sp³-hybridized carbons (Fsp3) is 0.524. The van der Waals surface area contributed by atoms with Gasteiger partial charge >= 0.3 is 0 Å². The topological polar surface area (TPSA) is 63.4 Å². The molecule has 3 rings (SSSR count). The molecule has 26 heavy (non-hydrogen) atoms. The minimum absolute atomic E-state index is 0.209. The third-order valence-electron chi connectivity index (χ3n) is 5.04. The molecule has 2 aromatic carbocycles. The Labute approximate surface area is 158 Å². The minimum atomic E-state index is -2.89. The van der Waals surface area contributed by atoms with E-state index in [9.17, 15) is 8.42 Å². The molecule has 0 aliphatic carbocycles. The molecule has 0 spiro atoms. The van der Waals surface area contributed by atoms with Gasteiger partial charge in [-0.25, -0.2) is 8.42 Å². The van der Waals surface area contributed by atoms with Crippen molar-refractivity contribution in [1.29, 1.82) is 0 Å². The van der Waals surface area contributed by atoms with Crippen LogP contribution < -0.4 is 5.73 Å². The quantitative estimate of drug-likeness (QED) is 0.871. The maximum absolute atomic E-state index is 11.1. The van der Waals surface area contributed by atoms with Gasteiger partial charge < -0.3 is 10.6 Å². The zero-order valence-corrected chi connectivity index (χ0v) is 16.8. The van der Waals surface area contributed by atoms with Gasteiger partial charge in [0.05, 0.1) is 5.75 Å². The van der Waals surface area contributed by atoms with Gasteiger partial charge in [-0.2, -0.15) is 0 Å². The first-order valence-electron chi connectivity index (χ1n) is 9.42. The van der Waals surface area contributed by atoms with Crippen LogP contribution in [-0.4, -0.2) is 52.0 Å². The van der Waals surface area contributed by atoms with Crippen molar-refractivity contribution >= 4 is 20.6 Å². The van der Waals surface area contributed by atoms with Gasteiger partial charge in [0.1, 0.15) is 9.84 Å². The molecular formula is C21H32N2O2S. The van der Waals surface area contributed by atoms with E-state index in [1.165, 1.54) is 38.6 Å². The summed E-state index contributed by atoms with van der Waals surface area (Å²) in [6.45, 7) is 3.41. The number of piperidine rings is 1. The summed E-state index contributed by atoms with van der Waals surface area (Å²) >= 11 is 0. The Morgan fingerprint density at radius 2 is 1.73 bits per heavy atom. The summed E-state index contributed by atoms with van der Waals surface area (Å²) in [7, 11) is -0.698. The monoisotopic (exact) mass is 376 g/mol. The zero-order chi connectivity index (χ0) is 19.0. The fourth-order valence-corrected chi connectivity index (χ4v) is 3.98. The smallest absolute Gasteiger partial charge is 0.147 e. The summed E-state index contributed by atoms with van der Waals surface area (Å²) in [6, 6.07) is 14.0. The fourth-order valence-electron chi connectivity index (χ4n) is 3.39. The van der Waals surface area contributed by atoms with Crippen LogP contribution in [0.15, 0.2) is 42.5 Å². The van der Waals surface area contributed by atoms with Crippen LogP contribution in [0.3, 0.4) is 0 Å². The zero-order valence-electron chi connectivity index (χ0n) is 16.0. The van der Waals surface area contributed by atoms with Gasteiger partial charge in [0.2, 0.25) is 0 Å². The molecular weight excluding hydrogens is 344 g/mol. The van der Waals surface area contributed by atoms with Crippen molar-refractivity contribution in [3.05, 3.63) is 48.0 Å². The van der Waals surface area contributed by atoms with Crippen LogP contribution in [0.2, 0.25) is 0 Å². The molecule has 0 saturated carbocycles. The van der Waals surface area contributed by atoms with E-state index in [4.69, 9.17) is 5.73 Å². The molecule has 5 heteroatoms. The molecule has 0 bridgehead atoms. The predicted octanol–water partition coefficient (Wildman–Crippen LogP) is 3.10. The standard InChI is InChI=1S/C13H14O2S.C8H18N2/c1-16(14,15)10-9-12-7-4-6-11-5-2-3-8-13(11)12;1-10-6-3-8(2-5-9)4-7-10/h2-8H,9-10H2,1H3;8H,2-7,9H2,1H3. The van der Waals surface area contributed by atoms with Gasteiger partial charge in [0.15, 0.2) is 0 Å². The summed E-state index contributed by atoms with van der Waals surface area (Å²) in [5, 5.41) is 2.31. The molecule has 4 nitrogen and oxygen atoms in total. The van der Waals surface area contributed by atoms with Crippen molar-refractivity contribution in [2.45, 2.75) is 25.7 Å². The van der Waals surface area contributed by atoms with E-state index in [-0.39, 0.29) is 5.75 Å². The maximum Gasteiger partial charge on any atom is 0.147 e. The molecule has 0 atom stereocenters. The Kier molecular flexibility index (Phi) is 8.07. The number of sulfone groups is 1. The molecule has 1 heterocycles. The Hall–Kier alpha value is -1.43. The Bertz CT molecular complexity index is 776. The van der Waals surface area contributed by atoms with Crippen LogP contribution in [0, 0.1) is 5.92 Å². The van der Waals surface area contributed by atoms with Crippen LogP contribution in [0.25, 0.3) is 10.8 Å². The Morgan fingerprint density at radius 3 is 2.38 bits per heavy atom. The van der Waals surface area contributed by atoms with Gasteiger partial charge in [0, 0.05) is 6.26 Å². The number of fused-ring (bicyclic) bond motifs is 1. The lowest BCUT2D eigenvalue weighted by atomic mass is 9.94. The van der Waals surface area contributed by atoms with Gasteiger partial charge in [-0.3, -0.25) is 0 Å². The Morgan fingerprint density at radius 1 is 1.08 bits per heavy atom.